The van der Waals surface area contributed by atoms with Gasteiger partial charge in [-0.05, 0) is 0 Å². The van der Waals surface area contributed by atoms with E-state index in [1.165, 1.54) is 0 Å². The first-order valence-corrected chi connectivity index (χ1v) is 3.72. The van der Waals surface area contributed by atoms with Crippen molar-refractivity contribution in [1.82, 2.24) is 0 Å². The Kier molecular flexibility index (Phi) is 0.433. The average molecular weight is 138 g/mol. The summed E-state index contributed by atoms with van der Waals surface area (Å²) in [5, 5.41) is 0. The molecule has 0 aromatic rings. The van der Waals surface area contributed by atoms with Gasteiger partial charge in [-0.2, -0.15) is 0 Å². The summed E-state index contributed by atoms with van der Waals surface area (Å²) >= 11 is 0. The van der Waals surface area contributed by atoms with E-state index in [-0.39, 0.29) is 36.3 Å². The van der Waals surface area contributed by atoms with E-state index >= 15 is 0 Å². The van der Waals surface area contributed by atoms with Gasteiger partial charge in [-0.3, -0.25) is 4.79 Å². The number of carbonyl (C=O) groups excluding carboxylic acids is 1. The highest BCUT2D eigenvalue weighted by atomic mass is 16.6. The Bertz CT molecular complexity index is 209. The van der Waals surface area contributed by atoms with Crippen molar-refractivity contribution in [3.8, 4) is 0 Å². The van der Waals surface area contributed by atoms with E-state index in [2.05, 4.69) is 0 Å². The molecule has 0 N–H and O–H groups in total. The average Bonchev–Trinajstić information content (AvgIpc) is 2.71. The topological polar surface area (TPSA) is 42.1 Å². The van der Waals surface area contributed by atoms with Crippen LogP contribution in [0, 0.1) is 11.8 Å². The summed E-state index contributed by atoms with van der Waals surface area (Å²) in [5.41, 5.74) is 0. The van der Waals surface area contributed by atoms with E-state index in [9.17, 15) is 4.79 Å². The highest BCUT2D eigenvalue weighted by Gasteiger charge is 2.79. The predicted molar refractivity (Wildman–Crippen MR) is 29.3 cm³/mol. The first-order chi connectivity index (χ1) is 4.88. The lowest BCUT2D eigenvalue weighted by Crippen LogP contribution is -2.18. The van der Waals surface area contributed by atoms with Gasteiger partial charge in [-0.1, -0.05) is 0 Å². The molecule has 4 rings (SSSR count). The van der Waals surface area contributed by atoms with Crippen LogP contribution in [0.1, 0.15) is 0 Å². The summed E-state index contributed by atoms with van der Waals surface area (Å²) in [7, 11) is 0. The first kappa shape index (κ1) is 4.46. The van der Waals surface area contributed by atoms with Gasteiger partial charge in [0.25, 0.3) is 0 Å². The maximum absolute atomic E-state index is 11.3. The van der Waals surface area contributed by atoms with Gasteiger partial charge in [-0.15, -0.1) is 0 Å². The molecule has 0 unspecified atom stereocenters. The van der Waals surface area contributed by atoms with Crippen LogP contribution in [0.5, 0.6) is 0 Å². The zero-order chi connectivity index (χ0) is 6.46. The zero-order valence-corrected chi connectivity index (χ0v) is 5.19. The van der Waals surface area contributed by atoms with E-state index < -0.39 is 0 Å². The maximum atomic E-state index is 11.3. The molecule has 2 aliphatic carbocycles. The minimum atomic E-state index is 0.139. The lowest BCUT2D eigenvalue weighted by Gasteiger charge is -2.03. The molecular weight excluding hydrogens is 132 g/mol. The summed E-state index contributed by atoms with van der Waals surface area (Å²) < 4.78 is 10.6. The van der Waals surface area contributed by atoms with Gasteiger partial charge in [0, 0.05) is 0 Å². The Morgan fingerprint density at radius 3 is 1.60 bits per heavy atom. The number of hydrogen-bond donors (Lipinski definition) is 0. The van der Waals surface area contributed by atoms with Crippen molar-refractivity contribution in [2.24, 2.45) is 11.8 Å². The van der Waals surface area contributed by atoms with Crippen LogP contribution in [0.3, 0.4) is 0 Å². The van der Waals surface area contributed by atoms with Crippen molar-refractivity contribution in [2.45, 2.75) is 24.4 Å². The van der Waals surface area contributed by atoms with Crippen LogP contribution in [-0.4, -0.2) is 30.2 Å². The van der Waals surface area contributed by atoms with Gasteiger partial charge in [0.2, 0.25) is 0 Å². The number of carbonyl (C=O) groups is 1. The van der Waals surface area contributed by atoms with E-state index in [4.69, 9.17) is 9.47 Å². The van der Waals surface area contributed by atoms with Crippen LogP contribution in [0.2, 0.25) is 0 Å². The second-order valence-corrected chi connectivity index (χ2v) is 3.58. The SMILES string of the molecule is O=C1C2[C@H]3O[C@H]3C1[C@@H]1O[C@H]21. The van der Waals surface area contributed by atoms with Crippen molar-refractivity contribution in [3.05, 3.63) is 0 Å². The number of Topliss-reactive ketones (excluding diaryl/α,β-unsaturated/α-hetero) is 1. The largest absolute Gasteiger partial charge is 0.368 e. The van der Waals surface area contributed by atoms with Crippen LogP contribution in [0.4, 0.5) is 0 Å². The molecule has 52 valence electrons. The van der Waals surface area contributed by atoms with Crippen molar-refractivity contribution in [1.29, 1.82) is 0 Å². The molecule has 0 radical (unpaired) electrons. The van der Waals surface area contributed by atoms with Crippen molar-refractivity contribution >= 4 is 5.78 Å². The molecule has 0 spiro atoms. The second-order valence-electron chi connectivity index (χ2n) is 3.58. The number of ketones is 1. The molecule has 2 saturated heterocycles. The fourth-order valence-electron chi connectivity index (χ4n) is 2.67. The minimum absolute atomic E-state index is 0.139. The zero-order valence-electron chi connectivity index (χ0n) is 5.19. The lowest BCUT2D eigenvalue weighted by molar-refractivity contribution is -0.127. The molecule has 3 nitrogen and oxygen atoms in total. The third-order valence-electron chi connectivity index (χ3n) is 3.20. The molecule has 0 aromatic carbocycles. The van der Waals surface area contributed by atoms with Gasteiger partial charge < -0.3 is 9.47 Å². The lowest BCUT2D eigenvalue weighted by atomic mass is 10.0. The molecule has 4 fully saturated rings. The van der Waals surface area contributed by atoms with Gasteiger partial charge in [0.1, 0.15) is 5.78 Å². The highest BCUT2D eigenvalue weighted by molar-refractivity contribution is 5.93. The molecule has 2 aliphatic heterocycles. The van der Waals surface area contributed by atoms with Gasteiger partial charge in [0.15, 0.2) is 0 Å². The third-order valence-corrected chi connectivity index (χ3v) is 3.20. The van der Waals surface area contributed by atoms with Gasteiger partial charge in [0.05, 0.1) is 36.3 Å². The Morgan fingerprint density at radius 1 is 0.900 bits per heavy atom. The highest BCUT2D eigenvalue weighted by Crippen LogP contribution is 2.62. The minimum Gasteiger partial charge on any atom is -0.368 e. The molecule has 2 heterocycles. The van der Waals surface area contributed by atoms with Crippen LogP contribution in [-0.2, 0) is 14.3 Å². The van der Waals surface area contributed by atoms with Crippen molar-refractivity contribution < 1.29 is 14.3 Å². The molecule has 10 heavy (non-hydrogen) atoms. The quantitative estimate of drug-likeness (QED) is 0.418. The monoisotopic (exact) mass is 138 g/mol. The van der Waals surface area contributed by atoms with Crippen LogP contribution >= 0.6 is 0 Å². The number of rotatable bonds is 0. The molecule has 2 saturated carbocycles. The normalized spacial score (nSPS) is 73.4. The van der Waals surface area contributed by atoms with Crippen molar-refractivity contribution in [2.75, 3.05) is 0 Å². The van der Waals surface area contributed by atoms with Crippen LogP contribution in [0.15, 0.2) is 0 Å². The standard InChI is InChI=1S/C7H6O3/c8-3-1-4-6(9-4)2(3)7-5(1)10-7/h1-2,4-7H/t1?,2?,4-,5-,6+,7+. The molecule has 4 aliphatic rings. The fraction of sp³-hybridized carbons (Fsp3) is 0.857. The molecule has 3 heteroatoms. The van der Waals surface area contributed by atoms with E-state index in [1.54, 1.807) is 0 Å². The van der Waals surface area contributed by atoms with Crippen LogP contribution in [0.25, 0.3) is 0 Å². The summed E-state index contributed by atoms with van der Waals surface area (Å²) in [6, 6.07) is 0. The summed E-state index contributed by atoms with van der Waals surface area (Å²) in [6.07, 6.45) is 1.06. The Labute approximate surface area is 57.3 Å². The van der Waals surface area contributed by atoms with Crippen molar-refractivity contribution in [3.63, 3.8) is 0 Å². The van der Waals surface area contributed by atoms with Gasteiger partial charge >= 0.3 is 0 Å². The van der Waals surface area contributed by atoms with E-state index in [0.717, 1.165) is 0 Å². The van der Waals surface area contributed by atoms with E-state index in [1.807, 2.05) is 0 Å². The van der Waals surface area contributed by atoms with Crippen LogP contribution < -0.4 is 0 Å². The Hall–Kier alpha value is -0.410. The predicted octanol–water partition coefficient (Wildman–Crippen LogP) is -0.650. The summed E-state index contributed by atoms with van der Waals surface area (Å²) in [5.74, 6) is 0.697. The molecule has 4 atom stereocenters. The molecule has 2 bridgehead atoms. The number of hydrogen-bond acceptors (Lipinski definition) is 3. The summed E-state index contributed by atoms with van der Waals surface area (Å²) in [6.45, 7) is 0. The van der Waals surface area contributed by atoms with E-state index in [0.29, 0.717) is 5.78 Å². The third kappa shape index (κ3) is 0.260. The summed E-state index contributed by atoms with van der Waals surface area (Å²) in [4.78, 5) is 11.3. The number of fused-ring (bicyclic) bond motifs is 8. The molecular formula is C7H6O3. The Morgan fingerprint density at radius 2 is 1.30 bits per heavy atom. The fourth-order valence-corrected chi connectivity index (χ4v) is 2.67. The van der Waals surface area contributed by atoms with Gasteiger partial charge in [-0.25, -0.2) is 0 Å². The Balaban J connectivity index is 1.95. The number of epoxide rings is 2. The number of ether oxygens (including phenoxy) is 2. The molecule has 0 amide bonds. The maximum Gasteiger partial charge on any atom is 0.149 e. The smallest absolute Gasteiger partial charge is 0.149 e. The second kappa shape index (κ2) is 0.970. The molecule has 0 aromatic heterocycles. The first-order valence-electron chi connectivity index (χ1n) is 3.72.